The van der Waals surface area contributed by atoms with Gasteiger partial charge in [-0.25, -0.2) is 4.98 Å². The third-order valence-corrected chi connectivity index (χ3v) is 2.02. The molecule has 0 spiro atoms. The summed E-state index contributed by atoms with van der Waals surface area (Å²) in [6, 6.07) is 0. The van der Waals surface area contributed by atoms with E-state index in [2.05, 4.69) is 9.55 Å². The summed E-state index contributed by atoms with van der Waals surface area (Å²) in [5.74, 6) is 1.13. The lowest BCUT2D eigenvalue weighted by molar-refractivity contribution is 0.101. The molecular weight excluding hydrogens is 140 g/mol. The van der Waals surface area contributed by atoms with Gasteiger partial charge in [0.05, 0.1) is 0 Å². The van der Waals surface area contributed by atoms with Crippen LogP contribution in [-0.4, -0.2) is 15.3 Å². The number of carbonyl (C=O) groups is 1. The number of aryl methyl sites for hydroxylation is 2. The molecule has 58 valence electrons. The Morgan fingerprint density at radius 1 is 1.73 bits per heavy atom. The van der Waals surface area contributed by atoms with Crippen molar-refractivity contribution in [1.82, 2.24) is 9.55 Å². The third-order valence-electron chi connectivity index (χ3n) is 2.02. The highest BCUT2D eigenvalue weighted by Gasteiger charge is 2.14. The first kappa shape index (κ1) is 6.58. The monoisotopic (exact) mass is 150 g/mol. The summed E-state index contributed by atoms with van der Waals surface area (Å²) >= 11 is 0. The van der Waals surface area contributed by atoms with Crippen molar-refractivity contribution in [2.24, 2.45) is 0 Å². The largest absolute Gasteiger partial charge is 0.334 e. The number of imidazole rings is 1. The summed E-state index contributed by atoms with van der Waals surface area (Å²) in [5.41, 5.74) is 0.611. The van der Waals surface area contributed by atoms with Crippen LogP contribution in [0, 0.1) is 0 Å². The fourth-order valence-corrected chi connectivity index (χ4v) is 1.42. The maximum Gasteiger partial charge on any atom is 0.179 e. The second-order valence-electron chi connectivity index (χ2n) is 2.90. The molecule has 0 bridgehead atoms. The predicted molar refractivity (Wildman–Crippen MR) is 40.6 cm³/mol. The van der Waals surface area contributed by atoms with Crippen LogP contribution in [-0.2, 0) is 13.0 Å². The summed E-state index contributed by atoms with van der Waals surface area (Å²) in [6.45, 7) is 2.58. The lowest BCUT2D eigenvalue weighted by Gasteiger charge is -1.89. The topological polar surface area (TPSA) is 34.9 Å². The van der Waals surface area contributed by atoms with Crippen LogP contribution in [0.4, 0.5) is 0 Å². The predicted octanol–water partition coefficient (Wildman–Crippen LogP) is 1.03. The summed E-state index contributed by atoms with van der Waals surface area (Å²) in [5, 5.41) is 0. The first-order chi connectivity index (χ1) is 5.27. The molecule has 0 radical (unpaired) electrons. The van der Waals surface area contributed by atoms with Gasteiger partial charge in [0.1, 0.15) is 11.5 Å². The van der Waals surface area contributed by atoms with Gasteiger partial charge in [0.15, 0.2) is 5.78 Å². The Morgan fingerprint density at radius 2 is 2.55 bits per heavy atom. The maximum atomic E-state index is 10.9. The SMILES string of the molecule is CC(=O)c1cn2c(n1)CCC2. The van der Waals surface area contributed by atoms with Gasteiger partial charge in [-0.05, 0) is 6.42 Å². The lowest BCUT2D eigenvalue weighted by Crippen LogP contribution is -1.92. The summed E-state index contributed by atoms with van der Waals surface area (Å²) in [4.78, 5) is 15.1. The van der Waals surface area contributed by atoms with Crippen molar-refractivity contribution in [2.75, 3.05) is 0 Å². The van der Waals surface area contributed by atoms with E-state index in [1.807, 2.05) is 6.20 Å². The molecule has 1 aromatic rings. The normalized spacial score (nSPS) is 15.0. The van der Waals surface area contributed by atoms with Gasteiger partial charge in [-0.3, -0.25) is 4.79 Å². The zero-order valence-corrected chi connectivity index (χ0v) is 6.50. The van der Waals surface area contributed by atoms with Gasteiger partial charge in [-0.1, -0.05) is 0 Å². The van der Waals surface area contributed by atoms with Gasteiger partial charge in [0.2, 0.25) is 0 Å². The van der Waals surface area contributed by atoms with E-state index in [0.717, 1.165) is 18.8 Å². The smallest absolute Gasteiger partial charge is 0.179 e. The van der Waals surface area contributed by atoms with Crippen molar-refractivity contribution < 1.29 is 4.79 Å². The number of aromatic nitrogens is 2. The van der Waals surface area contributed by atoms with Crippen LogP contribution >= 0.6 is 0 Å². The molecule has 0 saturated heterocycles. The zero-order valence-electron chi connectivity index (χ0n) is 6.50. The molecule has 3 nitrogen and oxygen atoms in total. The molecule has 2 heterocycles. The fourth-order valence-electron chi connectivity index (χ4n) is 1.42. The standard InChI is InChI=1S/C8H10N2O/c1-6(11)7-5-10-4-2-3-8(10)9-7/h5H,2-4H2,1H3. The molecule has 11 heavy (non-hydrogen) atoms. The lowest BCUT2D eigenvalue weighted by atomic mass is 10.3. The molecule has 0 aliphatic carbocycles. The third kappa shape index (κ3) is 0.964. The highest BCUT2D eigenvalue weighted by molar-refractivity contribution is 5.91. The highest BCUT2D eigenvalue weighted by atomic mass is 16.1. The molecule has 1 aliphatic rings. The van der Waals surface area contributed by atoms with Crippen molar-refractivity contribution in [3.8, 4) is 0 Å². The van der Waals surface area contributed by atoms with E-state index < -0.39 is 0 Å². The summed E-state index contributed by atoms with van der Waals surface area (Å²) in [7, 11) is 0. The molecule has 3 heteroatoms. The van der Waals surface area contributed by atoms with Crippen LogP contribution in [0.25, 0.3) is 0 Å². The van der Waals surface area contributed by atoms with Crippen LogP contribution in [0.2, 0.25) is 0 Å². The number of carbonyl (C=O) groups excluding carboxylic acids is 1. The molecule has 0 atom stereocenters. The zero-order chi connectivity index (χ0) is 7.84. The maximum absolute atomic E-state index is 10.9. The number of fused-ring (bicyclic) bond motifs is 1. The Kier molecular flexibility index (Phi) is 1.31. The number of hydrogen-bond acceptors (Lipinski definition) is 2. The van der Waals surface area contributed by atoms with Crippen molar-refractivity contribution in [2.45, 2.75) is 26.3 Å². The summed E-state index contributed by atoms with van der Waals surface area (Å²) < 4.78 is 2.07. The average Bonchev–Trinajstić information content (AvgIpc) is 2.40. The average molecular weight is 150 g/mol. The second-order valence-corrected chi connectivity index (χ2v) is 2.90. The minimum atomic E-state index is 0.0619. The Bertz CT molecular complexity index is 280. The highest BCUT2D eigenvalue weighted by Crippen LogP contribution is 2.14. The van der Waals surface area contributed by atoms with Gasteiger partial charge >= 0.3 is 0 Å². The number of ketones is 1. The van der Waals surface area contributed by atoms with E-state index in [4.69, 9.17) is 0 Å². The van der Waals surface area contributed by atoms with E-state index in [-0.39, 0.29) is 5.78 Å². The van der Waals surface area contributed by atoms with Crippen molar-refractivity contribution in [3.05, 3.63) is 17.7 Å². The van der Waals surface area contributed by atoms with Gasteiger partial charge in [-0.2, -0.15) is 0 Å². The van der Waals surface area contributed by atoms with Gasteiger partial charge in [0.25, 0.3) is 0 Å². The van der Waals surface area contributed by atoms with E-state index in [1.165, 1.54) is 6.42 Å². The number of rotatable bonds is 1. The molecule has 0 aromatic carbocycles. The number of Topliss-reactive ketones (excluding diaryl/α,β-unsaturated/α-hetero) is 1. The summed E-state index contributed by atoms with van der Waals surface area (Å²) in [6.07, 6.45) is 4.04. The quantitative estimate of drug-likeness (QED) is 0.560. The molecular formula is C8H10N2O. The van der Waals surface area contributed by atoms with Crippen LogP contribution in [0.1, 0.15) is 29.7 Å². The molecule has 1 aliphatic heterocycles. The molecule has 0 saturated carbocycles. The van der Waals surface area contributed by atoms with Crippen LogP contribution in [0.5, 0.6) is 0 Å². The number of hydrogen-bond donors (Lipinski definition) is 0. The minimum absolute atomic E-state index is 0.0619. The van der Waals surface area contributed by atoms with Gasteiger partial charge < -0.3 is 4.57 Å². The Balaban J connectivity index is 2.42. The molecule has 0 N–H and O–H groups in total. The van der Waals surface area contributed by atoms with Gasteiger partial charge in [-0.15, -0.1) is 0 Å². The second kappa shape index (κ2) is 2.19. The molecule has 0 fully saturated rings. The van der Waals surface area contributed by atoms with Crippen molar-refractivity contribution in [3.63, 3.8) is 0 Å². The van der Waals surface area contributed by atoms with Crippen LogP contribution < -0.4 is 0 Å². The first-order valence-electron chi connectivity index (χ1n) is 3.84. The Hall–Kier alpha value is -1.12. The minimum Gasteiger partial charge on any atom is -0.334 e. The van der Waals surface area contributed by atoms with Crippen LogP contribution in [0.15, 0.2) is 6.20 Å². The first-order valence-corrected chi connectivity index (χ1v) is 3.84. The van der Waals surface area contributed by atoms with Crippen LogP contribution in [0.3, 0.4) is 0 Å². The van der Waals surface area contributed by atoms with E-state index in [0.29, 0.717) is 5.69 Å². The van der Waals surface area contributed by atoms with Crippen molar-refractivity contribution in [1.29, 1.82) is 0 Å². The Morgan fingerprint density at radius 3 is 3.18 bits per heavy atom. The van der Waals surface area contributed by atoms with E-state index in [9.17, 15) is 4.79 Å². The molecule has 2 rings (SSSR count). The molecule has 1 aromatic heterocycles. The van der Waals surface area contributed by atoms with E-state index in [1.54, 1.807) is 6.92 Å². The van der Waals surface area contributed by atoms with Crippen molar-refractivity contribution >= 4 is 5.78 Å². The fraction of sp³-hybridized carbons (Fsp3) is 0.500. The number of nitrogens with zero attached hydrogens (tertiary/aromatic N) is 2. The van der Waals surface area contributed by atoms with E-state index >= 15 is 0 Å². The Labute approximate surface area is 65.1 Å². The molecule has 0 unspecified atom stereocenters. The van der Waals surface area contributed by atoms with Gasteiger partial charge in [0, 0.05) is 26.1 Å². The molecule has 0 amide bonds.